The summed E-state index contributed by atoms with van der Waals surface area (Å²) in [6.45, 7) is 1.59. The number of hydroxylamine groups is 1. The van der Waals surface area contributed by atoms with Gasteiger partial charge in [-0.3, -0.25) is 9.63 Å². The van der Waals surface area contributed by atoms with Crippen LogP contribution in [0.5, 0.6) is 0 Å². The van der Waals surface area contributed by atoms with Crippen molar-refractivity contribution in [2.45, 2.75) is 31.7 Å². The van der Waals surface area contributed by atoms with Crippen LogP contribution in [0, 0.1) is 0 Å². The third kappa shape index (κ3) is 2.26. The maximum Gasteiger partial charge on any atom is 0.253 e. The van der Waals surface area contributed by atoms with Crippen molar-refractivity contribution in [1.82, 2.24) is 5.32 Å². The second-order valence-electron chi connectivity index (χ2n) is 4.87. The standard InChI is InChI=1S/C14H18N2O2/c17-14-8-10-18-16(14)12-6-4-11(5-7-12)13-3-1-2-9-15-13/h4-7,13,15H,1-3,8-10H2. The second-order valence-corrected chi connectivity index (χ2v) is 4.87. The average molecular weight is 246 g/mol. The maximum atomic E-state index is 11.5. The Balaban J connectivity index is 1.74. The Bertz CT molecular complexity index is 424. The largest absolute Gasteiger partial charge is 0.310 e. The minimum atomic E-state index is 0.0403. The maximum absolute atomic E-state index is 11.5. The highest BCUT2D eigenvalue weighted by atomic mass is 16.7. The molecule has 4 nitrogen and oxygen atoms in total. The molecule has 0 radical (unpaired) electrons. The van der Waals surface area contributed by atoms with Gasteiger partial charge in [-0.05, 0) is 37.1 Å². The van der Waals surface area contributed by atoms with E-state index in [1.807, 2.05) is 12.1 Å². The Hall–Kier alpha value is -1.39. The van der Waals surface area contributed by atoms with E-state index < -0.39 is 0 Å². The van der Waals surface area contributed by atoms with E-state index in [9.17, 15) is 4.79 Å². The van der Waals surface area contributed by atoms with Gasteiger partial charge in [0, 0.05) is 6.04 Å². The molecule has 2 heterocycles. The van der Waals surface area contributed by atoms with E-state index in [2.05, 4.69) is 17.4 Å². The van der Waals surface area contributed by atoms with Crippen molar-refractivity contribution in [1.29, 1.82) is 0 Å². The minimum Gasteiger partial charge on any atom is -0.310 e. The molecule has 0 bridgehead atoms. The molecule has 1 aromatic rings. The van der Waals surface area contributed by atoms with Crippen LogP contribution < -0.4 is 10.4 Å². The predicted molar refractivity (Wildman–Crippen MR) is 69.1 cm³/mol. The van der Waals surface area contributed by atoms with Crippen molar-refractivity contribution in [3.05, 3.63) is 29.8 Å². The number of amides is 1. The van der Waals surface area contributed by atoms with Crippen LogP contribution in [-0.4, -0.2) is 19.1 Å². The van der Waals surface area contributed by atoms with Gasteiger partial charge in [0.1, 0.15) is 0 Å². The number of piperidine rings is 1. The third-order valence-electron chi connectivity index (χ3n) is 3.60. The van der Waals surface area contributed by atoms with Crippen molar-refractivity contribution in [3.8, 4) is 0 Å². The molecule has 0 aliphatic carbocycles. The highest BCUT2D eigenvalue weighted by Gasteiger charge is 2.23. The molecular formula is C14H18N2O2. The number of benzene rings is 1. The summed E-state index contributed by atoms with van der Waals surface area (Å²) in [6, 6.07) is 8.58. The van der Waals surface area contributed by atoms with Crippen molar-refractivity contribution in [2.24, 2.45) is 0 Å². The Morgan fingerprint density at radius 1 is 1.22 bits per heavy atom. The number of rotatable bonds is 2. The Morgan fingerprint density at radius 2 is 2.06 bits per heavy atom. The number of hydrogen-bond donors (Lipinski definition) is 1. The van der Waals surface area contributed by atoms with E-state index in [0.29, 0.717) is 19.1 Å². The fraction of sp³-hybridized carbons (Fsp3) is 0.500. The number of anilines is 1. The first kappa shape index (κ1) is 11.7. The van der Waals surface area contributed by atoms with Gasteiger partial charge in [-0.25, -0.2) is 0 Å². The van der Waals surface area contributed by atoms with E-state index in [4.69, 9.17) is 4.84 Å². The van der Waals surface area contributed by atoms with Crippen LogP contribution in [-0.2, 0) is 9.63 Å². The molecule has 1 atom stereocenters. The topological polar surface area (TPSA) is 41.6 Å². The summed E-state index contributed by atoms with van der Waals surface area (Å²) < 4.78 is 0. The molecule has 1 unspecified atom stereocenters. The summed E-state index contributed by atoms with van der Waals surface area (Å²) in [4.78, 5) is 16.9. The van der Waals surface area contributed by atoms with Crippen LogP contribution in [0.2, 0.25) is 0 Å². The van der Waals surface area contributed by atoms with Gasteiger partial charge in [-0.1, -0.05) is 18.6 Å². The lowest BCUT2D eigenvalue weighted by atomic mass is 9.97. The molecule has 2 saturated heterocycles. The quantitative estimate of drug-likeness (QED) is 0.869. The molecule has 1 amide bonds. The molecular weight excluding hydrogens is 228 g/mol. The fourth-order valence-corrected chi connectivity index (χ4v) is 2.59. The lowest BCUT2D eigenvalue weighted by Crippen LogP contribution is -2.27. The van der Waals surface area contributed by atoms with E-state index >= 15 is 0 Å². The van der Waals surface area contributed by atoms with Crippen molar-refractivity contribution in [3.63, 3.8) is 0 Å². The molecule has 18 heavy (non-hydrogen) atoms. The van der Waals surface area contributed by atoms with E-state index in [1.54, 1.807) is 0 Å². The highest BCUT2D eigenvalue weighted by Crippen LogP contribution is 2.26. The zero-order valence-electron chi connectivity index (χ0n) is 10.4. The van der Waals surface area contributed by atoms with E-state index in [0.717, 1.165) is 12.2 Å². The minimum absolute atomic E-state index is 0.0403. The van der Waals surface area contributed by atoms with E-state index in [-0.39, 0.29) is 5.91 Å². The number of carbonyl (C=O) groups is 1. The van der Waals surface area contributed by atoms with Gasteiger partial charge in [0.05, 0.1) is 18.7 Å². The lowest BCUT2D eigenvalue weighted by molar-refractivity contribution is -0.119. The Morgan fingerprint density at radius 3 is 2.67 bits per heavy atom. The van der Waals surface area contributed by atoms with Crippen LogP contribution in [0.1, 0.15) is 37.3 Å². The van der Waals surface area contributed by atoms with Crippen molar-refractivity contribution in [2.75, 3.05) is 18.2 Å². The van der Waals surface area contributed by atoms with Gasteiger partial charge in [0.15, 0.2) is 0 Å². The number of hydrogen-bond acceptors (Lipinski definition) is 3. The fourth-order valence-electron chi connectivity index (χ4n) is 2.59. The summed E-state index contributed by atoms with van der Waals surface area (Å²) in [5, 5.41) is 4.92. The zero-order chi connectivity index (χ0) is 12.4. The summed E-state index contributed by atoms with van der Waals surface area (Å²) in [6.07, 6.45) is 4.22. The van der Waals surface area contributed by atoms with Crippen molar-refractivity contribution >= 4 is 11.6 Å². The number of nitrogens with zero attached hydrogens (tertiary/aromatic N) is 1. The van der Waals surface area contributed by atoms with Gasteiger partial charge < -0.3 is 5.32 Å². The first-order chi connectivity index (χ1) is 8.84. The molecule has 2 fully saturated rings. The molecule has 1 aromatic carbocycles. The van der Waals surface area contributed by atoms with Crippen LogP contribution in [0.4, 0.5) is 5.69 Å². The van der Waals surface area contributed by atoms with Gasteiger partial charge in [-0.15, -0.1) is 0 Å². The second kappa shape index (κ2) is 5.08. The molecule has 96 valence electrons. The summed E-state index contributed by atoms with van der Waals surface area (Å²) >= 11 is 0. The normalized spacial score (nSPS) is 24.6. The molecule has 2 aliphatic rings. The molecule has 2 aliphatic heterocycles. The van der Waals surface area contributed by atoms with Gasteiger partial charge in [0.25, 0.3) is 5.91 Å². The molecule has 0 spiro atoms. The number of carbonyl (C=O) groups excluding carboxylic acids is 1. The van der Waals surface area contributed by atoms with Crippen LogP contribution >= 0.6 is 0 Å². The first-order valence-corrected chi connectivity index (χ1v) is 6.64. The molecule has 3 rings (SSSR count). The molecule has 0 saturated carbocycles. The van der Waals surface area contributed by atoms with Gasteiger partial charge in [-0.2, -0.15) is 5.06 Å². The van der Waals surface area contributed by atoms with Gasteiger partial charge in [0.2, 0.25) is 0 Å². The van der Waals surface area contributed by atoms with Gasteiger partial charge >= 0.3 is 0 Å². The molecule has 4 heteroatoms. The monoisotopic (exact) mass is 246 g/mol. The first-order valence-electron chi connectivity index (χ1n) is 6.64. The predicted octanol–water partition coefficient (Wildman–Crippen LogP) is 2.17. The Labute approximate surface area is 107 Å². The molecule has 0 aromatic heterocycles. The lowest BCUT2D eigenvalue weighted by Gasteiger charge is -2.24. The van der Waals surface area contributed by atoms with Crippen molar-refractivity contribution < 1.29 is 9.63 Å². The average Bonchev–Trinajstić information content (AvgIpc) is 2.86. The smallest absolute Gasteiger partial charge is 0.253 e. The summed E-state index contributed by atoms with van der Waals surface area (Å²) in [7, 11) is 0. The third-order valence-corrected chi connectivity index (χ3v) is 3.60. The Kier molecular flexibility index (Phi) is 3.30. The zero-order valence-corrected chi connectivity index (χ0v) is 10.4. The summed E-state index contributed by atoms with van der Waals surface area (Å²) in [5.41, 5.74) is 2.13. The van der Waals surface area contributed by atoms with Crippen LogP contribution in [0.25, 0.3) is 0 Å². The van der Waals surface area contributed by atoms with Crippen LogP contribution in [0.3, 0.4) is 0 Å². The molecule has 1 N–H and O–H groups in total. The van der Waals surface area contributed by atoms with E-state index in [1.165, 1.54) is 29.9 Å². The number of nitrogens with one attached hydrogen (secondary N) is 1. The highest BCUT2D eigenvalue weighted by molar-refractivity contribution is 5.92. The SMILES string of the molecule is O=C1CCON1c1ccc(C2CCCCN2)cc1. The summed E-state index contributed by atoms with van der Waals surface area (Å²) in [5.74, 6) is 0.0403. The van der Waals surface area contributed by atoms with Crippen LogP contribution in [0.15, 0.2) is 24.3 Å².